The molecule has 0 N–H and O–H groups in total. The maximum Gasteiger partial charge on any atom is 2.00 e. The topological polar surface area (TPSA) is 255 Å². The Labute approximate surface area is 390 Å². The Morgan fingerprint density at radius 3 is 1.05 bits per heavy atom. The molecule has 0 aliphatic heterocycles. The van der Waals surface area contributed by atoms with Gasteiger partial charge in [0.15, 0.2) is 0 Å². The summed E-state index contributed by atoms with van der Waals surface area (Å²) in [5.74, 6) is -1.45. The van der Waals surface area contributed by atoms with Crippen molar-refractivity contribution in [1.29, 1.82) is 0 Å². The number of hydrogen-bond acceptors (Lipinski definition) is 16. The smallest absolute Gasteiger partial charge is 0.870 e. The summed E-state index contributed by atoms with van der Waals surface area (Å²) in [6.07, 6.45) is 9.67. The normalized spacial score (nSPS) is 11.1. The van der Waals surface area contributed by atoms with Gasteiger partial charge >= 0.3 is 34.1 Å². The number of pyridine rings is 4. The van der Waals surface area contributed by atoms with Crippen LogP contribution < -0.4 is 19.7 Å². The molecular weight excluding hydrogens is 964 g/mol. The van der Waals surface area contributed by atoms with Gasteiger partial charge in [0.1, 0.15) is 11.5 Å². The van der Waals surface area contributed by atoms with Gasteiger partial charge in [-0.2, -0.15) is 0 Å². The van der Waals surface area contributed by atoms with Crippen LogP contribution in [0.15, 0.2) is 144 Å². The Kier molecular flexibility index (Phi) is 20.6. The molecule has 4 aromatic heterocycles. The van der Waals surface area contributed by atoms with Crippen molar-refractivity contribution in [2.45, 2.75) is 0 Å². The van der Waals surface area contributed by atoms with Crippen molar-refractivity contribution in [3.05, 3.63) is 145 Å². The third kappa shape index (κ3) is 15.6. The second-order valence-electron chi connectivity index (χ2n) is 12.8. The number of benzene rings is 4. The number of rotatable bonds is 10. The summed E-state index contributed by atoms with van der Waals surface area (Å²) < 4.78 is 71.4. The van der Waals surface area contributed by atoms with Crippen molar-refractivity contribution in [1.82, 2.24) is 19.9 Å². The van der Waals surface area contributed by atoms with Crippen LogP contribution in [0.3, 0.4) is 0 Å². The molecule has 0 spiro atoms. The fourth-order valence-corrected chi connectivity index (χ4v) is 6.26. The van der Waals surface area contributed by atoms with E-state index in [1.54, 1.807) is 36.9 Å². The Balaban J connectivity index is 0.000000225. The average Bonchev–Trinajstić information content (AvgIpc) is 3.27. The molecule has 0 atom stereocenters. The molecule has 64 heavy (non-hydrogen) atoms. The molecule has 0 saturated heterocycles. The zero-order valence-corrected chi connectivity index (χ0v) is 37.4. The number of aromatic nitrogens is 4. The number of aliphatic imine (C=N–C) groups is 2. The third-order valence-corrected chi connectivity index (χ3v) is 9.91. The van der Waals surface area contributed by atoms with Crippen molar-refractivity contribution < 1.29 is 79.8 Å². The zero-order valence-electron chi connectivity index (χ0n) is 33.9. The predicted octanol–water partition coefficient (Wildman–Crippen LogP) is 5.03. The second kappa shape index (κ2) is 25.3. The maximum atomic E-state index is 11.6. The summed E-state index contributed by atoms with van der Waals surface area (Å²) in [6, 6.07) is 33.6. The van der Waals surface area contributed by atoms with Gasteiger partial charge in [0.05, 0.1) is 81.1 Å². The van der Waals surface area contributed by atoms with E-state index in [1.165, 1.54) is 50.9 Å². The first-order valence-corrected chi connectivity index (χ1v) is 21.6. The van der Waals surface area contributed by atoms with Crippen LogP contribution in [0.1, 0.15) is 11.1 Å². The molecule has 0 fully saturated rings. The summed E-state index contributed by atoms with van der Waals surface area (Å²) in [6.45, 7) is -0.328. The standard InChI is InChI=1S/2C12H8N2.2C10H13NO5S.2Cu/c2*1-3-9-5-6-10-4-2-8-14-12(10)11(9)13-7-1;2*1-16-9-4-2-3-8(10(9)12)7-11-5-6-17(13,14)15;;/h2*1-8H;2*2-4,7,12H,5-6H2,1H3,(H,13,14,15);;/q;;;;2*+2/p-4. The van der Waals surface area contributed by atoms with Crippen LogP contribution in [0.2, 0.25) is 0 Å². The van der Waals surface area contributed by atoms with Gasteiger partial charge in [-0.05, 0) is 47.5 Å². The summed E-state index contributed by atoms with van der Waals surface area (Å²) in [4.78, 5) is 24.8. The number of nitrogens with zero attached hydrogens (tertiary/aromatic N) is 6. The molecule has 0 bridgehead atoms. The van der Waals surface area contributed by atoms with E-state index < -0.39 is 31.7 Å². The summed E-state index contributed by atoms with van der Waals surface area (Å²) >= 11 is 0. The van der Waals surface area contributed by atoms with Gasteiger partial charge in [-0.15, -0.1) is 0 Å². The first-order valence-electron chi connectivity index (χ1n) is 18.5. The van der Waals surface area contributed by atoms with E-state index in [9.17, 15) is 36.2 Å². The zero-order chi connectivity index (χ0) is 44.5. The Bertz CT molecular complexity index is 2760. The molecule has 8 rings (SSSR count). The largest absolute Gasteiger partial charge is 2.00 e. The first kappa shape index (κ1) is 52.3. The minimum absolute atomic E-state index is 0. The number of para-hydroxylation sites is 2. The maximum absolute atomic E-state index is 11.6. The molecule has 0 saturated carbocycles. The van der Waals surface area contributed by atoms with Gasteiger partial charge in [-0.1, -0.05) is 84.3 Å². The quantitative estimate of drug-likeness (QED) is 0.0754. The summed E-state index contributed by atoms with van der Waals surface area (Å²) in [5, 5.41) is 27.7. The van der Waals surface area contributed by atoms with E-state index in [-0.39, 0.29) is 81.4 Å². The molecule has 0 aliphatic rings. The first-order chi connectivity index (χ1) is 29.8. The fourth-order valence-electron chi connectivity index (χ4n) is 5.60. The Morgan fingerprint density at radius 2 is 0.781 bits per heavy atom. The van der Waals surface area contributed by atoms with E-state index in [0.29, 0.717) is 0 Å². The van der Waals surface area contributed by atoms with E-state index in [4.69, 9.17) is 9.47 Å². The van der Waals surface area contributed by atoms with Crippen molar-refractivity contribution in [3.8, 4) is 23.0 Å². The van der Waals surface area contributed by atoms with Crippen LogP contribution in [0.25, 0.3) is 43.6 Å². The van der Waals surface area contributed by atoms with Crippen molar-refractivity contribution in [3.63, 3.8) is 0 Å². The van der Waals surface area contributed by atoms with Crippen LogP contribution in [-0.2, 0) is 54.4 Å². The van der Waals surface area contributed by atoms with Crippen LogP contribution in [0.5, 0.6) is 23.0 Å². The van der Waals surface area contributed by atoms with E-state index in [2.05, 4.69) is 78.5 Å². The Hall–Kier alpha value is -6.08. The Morgan fingerprint density at radius 1 is 0.484 bits per heavy atom. The molecule has 0 amide bonds. The number of ether oxygens (including phenoxy) is 2. The van der Waals surface area contributed by atoms with Crippen molar-refractivity contribution >= 4 is 76.3 Å². The molecule has 0 aliphatic carbocycles. The minimum Gasteiger partial charge on any atom is -0.870 e. The molecular formula is C44H38Cu2N6O10S2. The second-order valence-corrected chi connectivity index (χ2v) is 15.8. The summed E-state index contributed by atoms with van der Waals surface area (Å²) in [5.41, 5.74) is 4.48. The molecule has 20 heteroatoms. The monoisotopic (exact) mass is 1000 g/mol. The molecule has 0 unspecified atom stereocenters. The number of hydrogen-bond donors (Lipinski definition) is 0. The predicted molar refractivity (Wildman–Crippen MR) is 233 cm³/mol. The van der Waals surface area contributed by atoms with E-state index in [0.717, 1.165) is 43.6 Å². The van der Waals surface area contributed by atoms with Gasteiger partial charge in [-0.3, -0.25) is 29.9 Å². The van der Waals surface area contributed by atoms with Crippen LogP contribution in [0.4, 0.5) is 0 Å². The summed E-state index contributed by atoms with van der Waals surface area (Å²) in [7, 11) is -5.78. The van der Waals surface area contributed by atoms with E-state index in [1.807, 2.05) is 24.3 Å². The van der Waals surface area contributed by atoms with Gasteiger partial charge in [0.25, 0.3) is 0 Å². The van der Waals surface area contributed by atoms with Crippen LogP contribution >= 0.6 is 0 Å². The molecule has 4 heterocycles. The average molecular weight is 1000 g/mol. The number of methoxy groups -OCH3 is 2. The van der Waals surface area contributed by atoms with Gasteiger partial charge in [0.2, 0.25) is 0 Å². The van der Waals surface area contributed by atoms with Gasteiger partial charge in [0, 0.05) is 58.8 Å². The van der Waals surface area contributed by atoms with Crippen LogP contribution in [-0.4, -0.2) is 97.1 Å². The fraction of sp³-hybridized carbons (Fsp3) is 0.136. The molecule has 16 nitrogen and oxygen atoms in total. The molecule has 8 aromatic rings. The van der Waals surface area contributed by atoms with Crippen molar-refractivity contribution in [2.75, 3.05) is 38.8 Å². The minimum atomic E-state index is -4.27. The third-order valence-electron chi connectivity index (χ3n) is 8.55. The molecule has 2 radical (unpaired) electrons. The molecule has 338 valence electrons. The number of fused-ring (bicyclic) bond motifs is 6. The molecule has 4 aromatic carbocycles. The SMILES string of the molecule is COc1cccc(C=NCCS(=O)(=O)[O-])c1[O-].COc1cccc(C=NCCS(=O)(=O)[O-])c1[O-].[Cu+2].[Cu+2].c1cnc2c(c1)ccc1cccnc12.c1cnc2c(c1)ccc1cccnc12. The van der Waals surface area contributed by atoms with Gasteiger partial charge < -0.3 is 28.8 Å². The van der Waals surface area contributed by atoms with E-state index >= 15 is 0 Å². The van der Waals surface area contributed by atoms with Crippen molar-refractivity contribution in [2.24, 2.45) is 9.98 Å². The van der Waals surface area contributed by atoms with Gasteiger partial charge in [-0.25, -0.2) is 16.8 Å². The van der Waals surface area contributed by atoms with Crippen LogP contribution in [0, 0.1) is 0 Å².